The van der Waals surface area contributed by atoms with Crippen LogP contribution in [-0.4, -0.2) is 14.8 Å². The van der Waals surface area contributed by atoms with Crippen molar-refractivity contribution in [3.05, 3.63) is 18.2 Å². The predicted octanol–water partition coefficient (Wildman–Crippen LogP) is 1.89. The zero-order valence-electron chi connectivity index (χ0n) is 7.15. The highest BCUT2D eigenvalue weighted by Gasteiger charge is 2.02. The molecule has 0 fully saturated rings. The molecule has 0 spiro atoms. The van der Waals surface area contributed by atoms with E-state index in [2.05, 4.69) is 23.9 Å². The molecule has 0 amide bonds. The van der Waals surface area contributed by atoms with Gasteiger partial charge in [0.15, 0.2) is 5.82 Å². The molecule has 3 heteroatoms. The SMILES string of the molecule is C/C=C\c1ncnn1C(C)C. The maximum Gasteiger partial charge on any atom is 0.150 e. The molecule has 0 N–H and O–H groups in total. The van der Waals surface area contributed by atoms with Crippen LogP contribution in [0.15, 0.2) is 12.4 Å². The monoisotopic (exact) mass is 151 g/mol. The number of nitrogens with zero attached hydrogens (tertiary/aromatic N) is 3. The molecule has 0 saturated carbocycles. The van der Waals surface area contributed by atoms with E-state index in [0.717, 1.165) is 5.82 Å². The van der Waals surface area contributed by atoms with Crippen molar-refractivity contribution in [3.63, 3.8) is 0 Å². The van der Waals surface area contributed by atoms with Crippen LogP contribution in [0.5, 0.6) is 0 Å². The van der Waals surface area contributed by atoms with E-state index in [1.165, 1.54) is 0 Å². The Morgan fingerprint density at radius 2 is 2.27 bits per heavy atom. The van der Waals surface area contributed by atoms with Gasteiger partial charge in [0, 0.05) is 6.04 Å². The minimum Gasteiger partial charge on any atom is -0.244 e. The molecular formula is C8H13N3. The van der Waals surface area contributed by atoms with Gasteiger partial charge in [0.25, 0.3) is 0 Å². The fraction of sp³-hybridized carbons (Fsp3) is 0.500. The molecule has 1 rings (SSSR count). The van der Waals surface area contributed by atoms with Crippen LogP contribution in [-0.2, 0) is 0 Å². The minimum atomic E-state index is 0.378. The van der Waals surface area contributed by atoms with E-state index in [-0.39, 0.29) is 0 Å². The molecule has 0 aliphatic heterocycles. The van der Waals surface area contributed by atoms with Crippen molar-refractivity contribution in [1.29, 1.82) is 0 Å². The summed E-state index contributed by atoms with van der Waals surface area (Å²) in [5.74, 6) is 0.919. The molecule has 3 nitrogen and oxygen atoms in total. The van der Waals surface area contributed by atoms with Gasteiger partial charge in [0.05, 0.1) is 0 Å². The summed E-state index contributed by atoms with van der Waals surface area (Å²) in [5, 5.41) is 4.09. The third-order valence-corrected chi connectivity index (χ3v) is 1.41. The summed E-state index contributed by atoms with van der Waals surface area (Å²) in [6.45, 7) is 6.14. The first kappa shape index (κ1) is 7.98. The van der Waals surface area contributed by atoms with Crippen LogP contribution in [0.25, 0.3) is 6.08 Å². The smallest absolute Gasteiger partial charge is 0.150 e. The van der Waals surface area contributed by atoms with Gasteiger partial charge in [-0.1, -0.05) is 6.08 Å². The Labute approximate surface area is 66.8 Å². The fourth-order valence-electron chi connectivity index (χ4n) is 0.925. The van der Waals surface area contributed by atoms with Crippen LogP contribution in [0.4, 0.5) is 0 Å². The van der Waals surface area contributed by atoms with Crippen molar-refractivity contribution in [2.24, 2.45) is 0 Å². The van der Waals surface area contributed by atoms with E-state index < -0.39 is 0 Å². The van der Waals surface area contributed by atoms with Crippen molar-refractivity contribution < 1.29 is 0 Å². The molecule has 11 heavy (non-hydrogen) atoms. The average Bonchev–Trinajstić information content (AvgIpc) is 2.36. The highest BCUT2D eigenvalue weighted by Crippen LogP contribution is 2.05. The molecule has 0 unspecified atom stereocenters. The number of rotatable bonds is 2. The zero-order valence-corrected chi connectivity index (χ0v) is 7.15. The molecule has 60 valence electrons. The van der Waals surface area contributed by atoms with Crippen molar-refractivity contribution in [1.82, 2.24) is 14.8 Å². The predicted molar refractivity (Wildman–Crippen MR) is 45.1 cm³/mol. The number of hydrogen-bond donors (Lipinski definition) is 0. The lowest BCUT2D eigenvalue weighted by molar-refractivity contribution is 0.526. The van der Waals surface area contributed by atoms with Crippen LogP contribution < -0.4 is 0 Å². The third kappa shape index (κ3) is 1.67. The molecule has 1 heterocycles. The highest BCUT2D eigenvalue weighted by molar-refractivity contribution is 5.38. The van der Waals surface area contributed by atoms with Gasteiger partial charge in [-0.15, -0.1) is 0 Å². The molecule has 1 aromatic heterocycles. The Balaban J connectivity index is 2.96. The molecule has 0 aliphatic rings. The van der Waals surface area contributed by atoms with Gasteiger partial charge in [0.1, 0.15) is 6.33 Å². The first-order valence-electron chi connectivity index (χ1n) is 3.78. The quantitative estimate of drug-likeness (QED) is 0.646. The summed E-state index contributed by atoms with van der Waals surface area (Å²) in [5.41, 5.74) is 0. The van der Waals surface area contributed by atoms with E-state index in [1.54, 1.807) is 6.33 Å². The van der Waals surface area contributed by atoms with Gasteiger partial charge >= 0.3 is 0 Å². The Bertz CT molecular complexity index is 248. The maximum atomic E-state index is 4.09. The second-order valence-electron chi connectivity index (χ2n) is 2.66. The summed E-state index contributed by atoms with van der Waals surface area (Å²) in [7, 11) is 0. The second kappa shape index (κ2) is 3.32. The standard InChI is InChI=1S/C8H13N3/c1-4-5-8-9-6-10-11(8)7(2)3/h4-7H,1-3H3/b5-4-. The molecule has 1 aromatic rings. The van der Waals surface area contributed by atoms with Crippen LogP contribution >= 0.6 is 0 Å². The average molecular weight is 151 g/mol. The van der Waals surface area contributed by atoms with Crippen LogP contribution in [0, 0.1) is 0 Å². The second-order valence-corrected chi connectivity index (χ2v) is 2.66. The lowest BCUT2D eigenvalue weighted by Gasteiger charge is -2.05. The zero-order chi connectivity index (χ0) is 8.27. The summed E-state index contributed by atoms with van der Waals surface area (Å²) < 4.78 is 1.89. The van der Waals surface area contributed by atoms with Crippen molar-refractivity contribution >= 4 is 6.08 Å². The molecule has 0 aliphatic carbocycles. The summed E-state index contributed by atoms with van der Waals surface area (Å²) >= 11 is 0. The van der Waals surface area contributed by atoms with Gasteiger partial charge in [0.2, 0.25) is 0 Å². The molecule has 0 radical (unpaired) electrons. The number of hydrogen-bond acceptors (Lipinski definition) is 2. The Hall–Kier alpha value is -1.12. The first-order valence-corrected chi connectivity index (χ1v) is 3.78. The van der Waals surface area contributed by atoms with Crippen molar-refractivity contribution in [3.8, 4) is 0 Å². The normalized spacial score (nSPS) is 11.6. The van der Waals surface area contributed by atoms with E-state index in [1.807, 2.05) is 23.8 Å². The molecule has 0 bridgehead atoms. The minimum absolute atomic E-state index is 0.378. The Morgan fingerprint density at radius 1 is 1.55 bits per heavy atom. The summed E-state index contributed by atoms with van der Waals surface area (Å²) in [4.78, 5) is 4.09. The van der Waals surface area contributed by atoms with Crippen LogP contribution in [0.2, 0.25) is 0 Å². The third-order valence-electron chi connectivity index (χ3n) is 1.41. The fourth-order valence-corrected chi connectivity index (χ4v) is 0.925. The molecule has 0 atom stereocenters. The molecule has 0 aromatic carbocycles. The van der Waals surface area contributed by atoms with E-state index >= 15 is 0 Å². The molecular weight excluding hydrogens is 138 g/mol. The maximum absolute atomic E-state index is 4.09. The first-order chi connectivity index (χ1) is 5.25. The topological polar surface area (TPSA) is 30.7 Å². The van der Waals surface area contributed by atoms with Gasteiger partial charge in [-0.2, -0.15) is 5.10 Å². The summed E-state index contributed by atoms with van der Waals surface area (Å²) in [6.07, 6.45) is 5.49. The summed E-state index contributed by atoms with van der Waals surface area (Å²) in [6, 6.07) is 0.378. The van der Waals surface area contributed by atoms with Gasteiger partial charge in [-0.3, -0.25) is 0 Å². The van der Waals surface area contributed by atoms with Crippen LogP contribution in [0.1, 0.15) is 32.6 Å². The van der Waals surface area contributed by atoms with Crippen molar-refractivity contribution in [2.75, 3.05) is 0 Å². The number of aromatic nitrogens is 3. The highest BCUT2D eigenvalue weighted by atomic mass is 15.3. The van der Waals surface area contributed by atoms with Crippen molar-refractivity contribution in [2.45, 2.75) is 26.8 Å². The lowest BCUT2D eigenvalue weighted by atomic mass is 10.4. The van der Waals surface area contributed by atoms with E-state index in [0.29, 0.717) is 6.04 Å². The Morgan fingerprint density at radius 3 is 2.82 bits per heavy atom. The van der Waals surface area contributed by atoms with Crippen LogP contribution in [0.3, 0.4) is 0 Å². The number of allylic oxidation sites excluding steroid dienone is 1. The Kier molecular flexibility index (Phi) is 2.41. The van der Waals surface area contributed by atoms with E-state index in [4.69, 9.17) is 0 Å². The van der Waals surface area contributed by atoms with Gasteiger partial charge in [-0.25, -0.2) is 9.67 Å². The largest absolute Gasteiger partial charge is 0.244 e. The van der Waals surface area contributed by atoms with E-state index in [9.17, 15) is 0 Å². The molecule has 0 saturated heterocycles. The van der Waals surface area contributed by atoms with Gasteiger partial charge < -0.3 is 0 Å². The lowest BCUT2D eigenvalue weighted by Crippen LogP contribution is -2.04. The van der Waals surface area contributed by atoms with Gasteiger partial charge in [-0.05, 0) is 26.8 Å².